The van der Waals surface area contributed by atoms with Crippen LogP contribution in [0, 0.1) is 34.5 Å². The molecule has 1 aliphatic heterocycles. The van der Waals surface area contributed by atoms with Crippen LogP contribution in [0.5, 0.6) is 0 Å². The van der Waals surface area contributed by atoms with E-state index in [-0.39, 0.29) is 23.4 Å². The lowest BCUT2D eigenvalue weighted by Gasteiger charge is -2.61. The Morgan fingerprint density at radius 3 is 1.98 bits per heavy atom. The molecule has 0 amide bonds. The maximum absolute atomic E-state index is 13.2. The van der Waals surface area contributed by atoms with Crippen LogP contribution in [0.4, 0.5) is 0 Å². The summed E-state index contributed by atoms with van der Waals surface area (Å²) < 4.78 is 38.9. The maximum atomic E-state index is 13.2. The van der Waals surface area contributed by atoms with Gasteiger partial charge in [0.1, 0.15) is 5.60 Å². The third kappa shape index (κ3) is 6.91. The maximum Gasteiger partial charge on any atom is 0.339 e. The summed E-state index contributed by atoms with van der Waals surface area (Å²) in [5, 5.41) is 11.8. The third-order valence-electron chi connectivity index (χ3n) is 12.8. The molecule has 0 aromatic rings. The minimum Gasteiger partial charge on any atom is -0.467 e. The normalized spacial score (nSPS) is 42.1. The van der Waals surface area contributed by atoms with Crippen molar-refractivity contribution in [2.75, 3.05) is 13.7 Å². The first-order valence-electron chi connectivity index (χ1n) is 17.7. The molecular formula is C36H52O14. The molecule has 5 fully saturated rings. The zero-order chi connectivity index (χ0) is 36.8. The summed E-state index contributed by atoms with van der Waals surface area (Å²) >= 11 is 0. The molecule has 5 rings (SSSR count). The number of carbonyl (C=O) groups excluding carboxylic acids is 6. The molecule has 1 heterocycles. The molecule has 13 atom stereocenters. The fourth-order valence-corrected chi connectivity index (χ4v) is 10.5. The predicted molar refractivity (Wildman–Crippen MR) is 171 cm³/mol. The first-order valence-corrected chi connectivity index (χ1v) is 17.7. The highest BCUT2D eigenvalue weighted by atomic mass is 16.7. The quantitative estimate of drug-likeness (QED) is 0.209. The van der Waals surface area contributed by atoms with E-state index >= 15 is 0 Å². The van der Waals surface area contributed by atoms with Crippen molar-refractivity contribution in [1.82, 2.24) is 0 Å². The Hall–Kier alpha value is -3.10. The number of fused-ring (bicyclic) bond motifs is 5. The second-order valence-corrected chi connectivity index (χ2v) is 15.4. The van der Waals surface area contributed by atoms with Gasteiger partial charge in [0.05, 0.1) is 13.2 Å². The number of Topliss-reactive ketones (excluding diaryl/α,β-unsaturated/α-hetero) is 1. The van der Waals surface area contributed by atoms with Crippen LogP contribution in [0.3, 0.4) is 0 Å². The Morgan fingerprint density at radius 2 is 1.36 bits per heavy atom. The monoisotopic (exact) mass is 708 g/mol. The van der Waals surface area contributed by atoms with E-state index in [0.29, 0.717) is 37.5 Å². The van der Waals surface area contributed by atoms with Gasteiger partial charge in [-0.1, -0.05) is 13.8 Å². The highest BCUT2D eigenvalue weighted by Crippen LogP contribution is 2.68. The molecule has 14 heteroatoms. The van der Waals surface area contributed by atoms with Crippen molar-refractivity contribution in [1.29, 1.82) is 0 Å². The van der Waals surface area contributed by atoms with Crippen molar-refractivity contribution >= 4 is 35.6 Å². The lowest BCUT2D eigenvalue weighted by Crippen LogP contribution is -2.64. The molecule has 4 saturated carbocycles. The van der Waals surface area contributed by atoms with Gasteiger partial charge in [-0.2, -0.15) is 0 Å². The van der Waals surface area contributed by atoms with Gasteiger partial charge >= 0.3 is 29.8 Å². The van der Waals surface area contributed by atoms with E-state index in [1.54, 1.807) is 0 Å². The van der Waals surface area contributed by atoms with Gasteiger partial charge in [0.2, 0.25) is 5.78 Å². The third-order valence-corrected chi connectivity index (χ3v) is 12.8. The van der Waals surface area contributed by atoms with Crippen LogP contribution in [-0.4, -0.2) is 96.9 Å². The molecule has 0 bridgehead atoms. The summed E-state index contributed by atoms with van der Waals surface area (Å²) in [6.45, 7) is 8.66. The summed E-state index contributed by atoms with van der Waals surface area (Å²) in [4.78, 5) is 74.0. The second kappa shape index (κ2) is 14.5. The average Bonchev–Trinajstić information content (AvgIpc) is 3.32. The van der Waals surface area contributed by atoms with Gasteiger partial charge in [0, 0.05) is 33.1 Å². The molecule has 4 aliphatic carbocycles. The van der Waals surface area contributed by atoms with E-state index in [9.17, 15) is 33.9 Å². The number of methoxy groups -OCH3 is 1. The lowest BCUT2D eigenvalue weighted by molar-refractivity contribution is -0.315. The van der Waals surface area contributed by atoms with Crippen LogP contribution >= 0.6 is 0 Å². The van der Waals surface area contributed by atoms with Crippen molar-refractivity contribution < 1.29 is 67.0 Å². The summed E-state index contributed by atoms with van der Waals surface area (Å²) in [6.07, 6.45) is -0.752. The molecule has 280 valence electrons. The zero-order valence-corrected chi connectivity index (χ0v) is 30.1. The van der Waals surface area contributed by atoms with Gasteiger partial charge in [-0.15, -0.1) is 0 Å². The second-order valence-electron chi connectivity index (χ2n) is 15.4. The van der Waals surface area contributed by atoms with Crippen LogP contribution in [0.2, 0.25) is 0 Å². The fourth-order valence-electron chi connectivity index (χ4n) is 10.5. The smallest absolute Gasteiger partial charge is 0.339 e. The van der Waals surface area contributed by atoms with Crippen LogP contribution in [-0.2, 0) is 61.9 Å². The van der Waals surface area contributed by atoms with Crippen molar-refractivity contribution in [2.45, 2.75) is 142 Å². The lowest BCUT2D eigenvalue weighted by atomic mass is 9.44. The van der Waals surface area contributed by atoms with Gasteiger partial charge in [-0.05, 0) is 86.9 Å². The van der Waals surface area contributed by atoms with E-state index in [1.165, 1.54) is 13.8 Å². The molecule has 0 unspecified atom stereocenters. The van der Waals surface area contributed by atoms with Crippen molar-refractivity contribution in [2.24, 2.45) is 34.5 Å². The molecule has 14 nitrogen and oxygen atoms in total. The number of esters is 5. The summed E-state index contributed by atoms with van der Waals surface area (Å²) in [6, 6.07) is 0. The molecule has 0 aromatic heterocycles. The van der Waals surface area contributed by atoms with E-state index < -0.39 is 84.0 Å². The van der Waals surface area contributed by atoms with E-state index in [0.717, 1.165) is 53.1 Å². The van der Waals surface area contributed by atoms with Gasteiger partial charge < -0.3 is 38.3 Å². The fraction of sp³-hybridized carbons (Fsp3) is 0.833. The van der Waals surface area contributed by atoms with Gasteiger partial charge in [0.15, 0.2) is 37.3 Å². The Bertz CT molecular complexity index is 1360. The molecule has 5 aliphatic rings. The number of ether oxygens (including phenoxy) is 7. The molecule has 50 heavy (non-hydrogen) atoms. The number of carbonyl (C=O) groups is 6. The number of rotatable bonds is 9. The van der Waals surface area contributed by atoms with Gasteiger partial charge in [-0.3, -0.25) is 24.0 Å². The summed E-state index contributed by atoms with van der Waals surface area (Å²) in [7, 11) is 1.14. The van der Waals surface area contributed by atoms with Crippen LogP contribution in [0.15, 0.2) is 0 Å². The molecule has 0 spiro atoms. The largest absolute Gasteiger partial charge is 0.467 e. The highest BCUT2D eigenvalue weighted by molar-refractivity contribution is 5.91. The van der Waals surface area contributed by atoms with Crippen molar-refractivity contribution in [3.8, 4) is 0 Å². The Labute approximate surface area is 292 Å². The van der Waals surface area contributed by atoms with E-state index in [1.807, 2.05) is 6.92 Å². The number of aliphatic hydroxyl groups is 1. The molecule has 0 aromatic carbocycles. The first-order chi connectivity index (χ1) is 23.4. The summed E-state index contributed by atoms with van der Waals surface area (Å²) in [5.74, 6) is -2.93. The zero-order valence-electron chi connectivity index (χ0n) is 30.1. The summed E-state index contributed by atoms with van der Waals surface area (Å²) in [5.41, 5.74) is -2.15. The van der Waals surface area contributed by atoms with Crippen LogP contribution in [0.25, 0.3) is 0 Å². The number of hydrogen-bond acceptors (Lipinski definition) is 14. The molecule has 1 saturated heterocycles. The van der Waals surface area contributed by atoms with E-state index in [2.05, 4.69) is 6.92 Å². The topological polar surface area (TPSA) is 187 Å². The minimum atomic E-state index is -1.53. The first kappa shape index (κ1) is 38.1. The molecule has 1 N–H and O–H groups in total. The predicted octanol–water partition coefficient (Wildman–Crippen LogP) is 2.97. The van der Waals surface area contributed by atoms with Gasteiger partial charge in [0.25, 0.3) is 0 Å². The van der Waals surface area contributed by atoms with E-state index in [4.69, 9.17) is 33.2 Å². The Morgan fingerprint density at radius 1 is 0.740 bits per heavy atom. The average molecular weight is 709 g/mol. The molecular weight excluding hydrogens is 656 g/mol. The standard InChI is InChI=1S/C36H52O14/c1-18(37)45-17-27(41)36(43)15-12-26-24-9-8-22-16-23(10-13-34(22,5)25(24)11-14-35(26,36)6)49-33-31(48-21(4)40)29(47-20(3)39)28(46-19(2)38)30(50-33)32(42)44-7/h22-26,28-31,33,43H,8-17H2,1-7H3/t22-,23-,24-,25+,26+,28+,29+,30+,31-,33-,34-,35-,36+/m1/s1. The van der Waals surface area contributed by atoms with Crippen LogP contribution < -0.4 is 0 Å². The SMILES string of the molecule is COC(=O)[C@H]1O[C@@H](O[C@@H]2CC[C@]3(C)[C@H](CC[C@@H]4[C@@H]3CC[C@]3(C)[C@H]4CC[C@]3(O)C(=O)COC(C)=O)C2)[C@H](OC(C)=O)[C@@H](OC(C)=O)[C@@H]1OC(C)=O. The van der Waals surface area contributed by atoms with Crippen molar-refractivity contribution in [3.63, 3.8) is 0 Å². The highest BCUT2D eigenvalue weighted by Gasteiger charge is 2.67. The molecule has 0 radical (unpaired) electrons. The number of ketones is 1. The Kier molecular flexibility index (Phi) is 11.1. The van der Waals surface area contributed by atoms with Crippen LogP contribution in [0.1, 0.15) is 99.3 Å². The van der Waals surface area contributed by atoms with Gasteiger partial charge in [-0.25, -0.2) is 4.79 Å². The van der Waals surface area contributed by atoms with Crippen molar-refractivity contribution in [3.05, 3.63) is 0 Å². The minimum absolute atomic E-state index is 0.0233. The Balaban J connectivity index is 1.33. The number of hydrogen-bond donors (Lipinski definition) is 1.